The number of carbonyl (C=O) groups excluding carboxylic acids is 1. The van der Waals surface area contributed by atoms with E-state index in [2.05, 4.69) is 17.2 Å². The predicted molar refractivity (Wildman–Crippen MR) is 82.2 cm³/mol. The Balaban J connectivity index is 1.93. The molecule has 3 rings (SSSR count). The minimum atomic E-state index is -0.0960. The van der Waals surface area contributed by atoms with Gasteiger partial charge in [-0.05, 0) is 49.2 Å². The Kier molecular flexibility index (Phi) is 3.03. The quantitative estimate of drug-likeness (QED) is 0.721. The smallest absolute Gasteiger partial charge is 0.257 e. The van der Waals surface area contributed by atoms with Crippen molar-refractivity contribution in [3.63, 3.8) is 0 Å². The number of anilines is 1. The van der Waals surface area contributed by atoms with E-state index in [1.807, 2.05) is 55.6 Å². The van der Waals surface area contributed by atoms with Gasteiger partial charge in [-0.25, -0.2) is 0 Å². The molecule has 0 aliphatic rings. The third-order valence-corrected chi connectivity index (χ3v) is 3.60. The number of aromatic nitrogens is 1. The number of para-hydroxylation sites is 1. The maximum atomic E-state index is 12.4. The molecule has 1 heterocycles. The molecular weight excluding hydrogens is 248 g/mol. The zero-order chi connectivity index (χ0) is 14.1. The first-order valence-corrected chi connectivity index (χ1v) is 6.60. The summed E-state index contributed by atoms with van der Waals surface area (Å²) < 4.78 is 0. The summed E-state index contributed by atoms with van der Waals surface area (Å²) in [6, 6.07) is 13.6. The van der Waals surface area contributed by atoms with Gasteiger partial charge in [0.2, 0.25) is 0 Å². The third kappa shape index (κ3) is 2.18. The van der Waals surface area contributed by atoms with E-state index in [0.717, 1.165) is 16.6 Å². The number of hydrogen-bond acceptors (Lipinski definition) is 1. The normalized spacial score (nSPS) is 10.7. The summed E-state index contributed by atoms with van der Waals surface area (Å²) in [5.74, 6) is -0.0960. The number of hydrogen-bond donors (Lipinski definition) is 2. The van der Waals surface area contributed by atoms with E-state index in [1.165, 1.54) is 11.1 Å². The molecule has 1 amide bonds. The van der Waals surface area contributed by atoms with E-state index >= 15 is 0 Å². The Morgan fingerprint density at radius 2 is 1.90 bits per heavy atom. The van der Waals surface area contributed by atoms with Gasteiger partial charge in [-0.15, -0.1) is 0 Å². The van der Waals surface area contributed by atoms with Crippen molar-refractivity contribution in [3.8, 4) is 0 Å². The van der Waals surface area contributed by atoms with Crippen LogP contribution >= 0.6 is 0 Å². The second-order valence-corrected chi connectivity index (χ2v) is 5.00. The van der Waals surface area contributed by atoms with E-state index in [9.17, 15) is 4.79 Å². The highest BCUT2D eigenvalue weighted by Crippen LogP contribution is 2.19. The molecule has 1 aromatic heterocycles. The van der Waals surface area contributed by atoms with Crippen molar-refractivity contribution >= 4 is 22.5 Å². The van der Waals surface area contributed by atoms with Gasteiger partial charge in [0.25, 0.3) is 5.91 Å². The molecule has 0 fully saturated rings. The number of H-pyrrole nitrogens is 1. The van der Waals surface area contributed by atoms with Gasteiger partial charge >= 0.3 is 0 Å². The molecule has 0 radical (unpaired) electrons. The Labute approximate surface area is 117 Å². The van der Waals surface area contributed by atoms with E-state index in [1.54, 1.807) is 0 Å². The minimum Gasteiger partial charge on any atom is -0.361 e. The van der Waals surface area contributed by atoms with Crippen LogP contribution in [0.15, 0.2) is 48.7 Å². The van der Waals surface area contributed by atoms with Gasteiger partial charge < -0.3 is 10.3 Å². The molecule has 2 N–H and O–H groups in total. The molecule has 100 valence electrons. The highest BCUT2D eigenvalue weighted by atomic mass is 16.1. The van der Waals surface area contributed by atoms with Crippen LogP contribution in [0.3, 0.4) is 0 Å². The van der Waals surface area contributed by atoms with E-state index < -0.39 is 0 Å². The van der Waals surface area contributed by atoms with Gasteiger partial charge in [-0.1, -0.05) is 18.2 Å². The highest BCUT2D eigenvalue weighted by molar-refractivity contribution is 6.12. The number of rotatable bonds is 2. The minimum absolute atomic E-state index is 0.0960. The van der Waals surface area contributed by atoms with Crippen molar-refractivity contribution < 1.29 is 4.79 Å². The molecule has 3 aromatic rings. The molecule has 2 aromatic carbocycles. The summed E-state index contributed by atoms with van der Waals surface area (Å²) in [7, 11) is 0. The van der Waals surface area contributed by atoms with Crippen LogP contribution in [-0.2, 0) is 0 Å². The maximum Gasteiger partial charge on any atom is 0.257 e. The Bertz CT molecular complexity index is 787. The van der Waals surface area contributed by atoms with Gasteiger partial charge in [0.15, 0.2) is 0 Å². The number of aryl methyl sites for hydroxylation is 2. The monoisotopic (exact) mass is 264 g/mol. The molecule has 0 atom stereocenters. The van der Waals surface area contributed by atoms with Crippen LogP contribution in [0.25, 0.3) is 10.9 Å². The van der Waals surface area contributed by atoms with E-state index in [4.69, 9.17) is 0 Å². The van der Waals surface area contributed by atoms with Gasteiger partial charge in [0, 0.05) is 17.3 Å². The second kappa shape index (κ2) is 4.85. The molecule has 0 bridgehead atoms. The van der Waals surface area contributed by atoms with Crippen LogP contribution in [0, 0.1) is 13.8 Å². The SMILES string of the molecule is Cc1ccc(NC(=O)c2cccc3cc[nH]c23)cc1C. The standard InChI is InChI=1S/C17H16N2O/c1-11-6-7-14(10-12(11)2)19-17(20)15-5-3-4-13-8-9-18-16(13)15/h3-10,18H,1-2H3,(H,19,20). The molecule has 0 unspecified atom stereocenters. The molecule has 20 heavy (non-hydrogen) atoms. The largest absolute Gasteiger partial charge is 0.361 e. The number of nitrogens with one attached hydrogen (secondary N) is 2. The summed E-state index contributed by atoms with van der Waals surface area (Å²) >= 11 is 0. The van der Waals surface area contributed by atoms with Gasteiger partial charge in [0.05, 0.1) is 11.1 Å². The number of amides is 1. The average molecular weight is 264 g/mol. The molecule has 0 spiro atoms. The Morgan fingerprint density at radius 3 is 2.70 bits per heavy atom. The van der Waals surface area contributed by atoms with Gasteiger partial charge in [-0.2, -0.15) is 0 Å². The van der Waals surface area contributed by atoms with E-state index in [-0.39, 0.29) is 5.91 Å². The fourth-order valence-corrected chi connectivity index (χ4v) is 2.29. The van der Waals surface area contributed by atoms with Crippen LogP contribution < -0.4 is 5.32 Å². The first kappa shape index (κ1) is 12.5. The van der Waals surface area contributed by atoms with E-state index in [0.29, 0.717) is 5.56 Å². The van der Waals surface area contributed by atoms with Gasteiger partial charge in [0.1, 0.15) is 0 Å². The third-order valence-electron chi connectivity index (χ3n) is 3.60. The first-order chi connectivity index (χ1) is 9.65. The fourth-order valence-electron chi connectivity index (χ4n) is 2.29. The zero-order valence-electron chi connectivity index (χ0n) is 11.5. The Morgan fingerprint density at radius 1 is 1.05 bits per heavy atom. The van der Waals surface area contributed by atoms with Crippen molar-refractivity contribution in [3.05, 3.63) is 65.4 Å². The molecule has 3 nitrogen and oxygen atoms in total. The summed E-state index contributed by atoms with van der Waals surface area (Å²) in [5, 5.41) is 3.99. The lowest BCUT2D eigenvalue weighted by Crippen LogP contribution is -2.12. The topological polar surface area (TPSA) is 44.9 Å². The summed E-state index contributed by atoms with van der Waals surface area (Å²) in [6.07, 6.45) is 1.84. The van der Waals surface area contributed by atoms with Crippen LogP contribution in [0.1, 0.15) is 21.5 Å². The highest BCUT2D eigenvalue weighted by Gasteiger charge is 2.11. The molecule has 3 heteroatoms. The number of aromatic amines is 1. The van der Waals surface area contributed by atoms with Crippen molar-refractivity contribution in [1.29, 1.82) is 0 Å². The van der Waals surface area contributed by atoms with Crippen LogP contribution in [0.5, 0.6) is 0 Å². The molecule has 0 saturated heterocycles. The van der Waals surface area contributed by atoms with Crippen molar-refractivity contribution in [2.45, 2.75) is 13.8 Å². The predicted octanol–water partition coefficient (Wildman–Crippen LogP) is 4.04. The van der Waals surface area contributed by atoms with Crippen molar-refractivity contribution in [1.82, 2.24) is 4.98 Å². The lowest BCUT2D eigenvalue weighted by Gasteiger charge is -2.08. The van der Waals surface area contributed by atoms with Crippen molar-refractivity contribution in [2.24, 2.45) is 0 Å². The molecular formula is C17H16N2O. The zero-order valence-corrected chi connectivity index (χ0v) is 11.5. The second-order valence-electron chi connectivity index (χ2n) is 5.00. The van der Waals surface area contributed by atoms with Crippen LogP contribution in [-0.4, -0.2) is 10.9 Å². The Hall–Kier alpha value is -2.55. The van der Waals surface area contributed by atoms with Gasteiger partial charge in [-0.3, -0.25) is 4.79 Å². The molecule has 0 saturated carbocycles. The van der Waals surface area contributed by atoms with Crippen molar-refractivity contribution in [2.75, 3.05) is 5.32 Å². The number of benzene rings is 2. The van der Waals surface area contributed by atoms with Crippen LogP contribution in [0.2, 0.25) is 0 Å². The van der Waals surface area contributed by atoms with Crippen LogP contribution in [0.4, 0.5) is 5.69 Å². The first-order valence-electron chi connectivity index (χ1n) is 6.60. The number of carbonyl (C=O) groups is 1. The summed E-state index contributed by atoms with van der Waals surface area (Å²) in [5.41, 5.74) is 4.73. The average Bonchev–Trinajstić information content (AvgIpc) is 2.91. The summed E-state index contributed by atoms with van der Waals surface area (Å²) in [4.78, 5) is 15.5. The lowest BCUT2D eigenvalue weighted by molar-refractivity contribution is 0.102. The lowest BCUT2D eigenvalue weighted by atomic mass is 10.1. The molecule has 0 aliphatic heterocycles. The maximum absolute atomic E-state index is 12.4. The summed E-state index contributed by atoms with van der Waals surface area (Å²) in [6.45, 7) is 4.09. The number of fused-ring (bicyclic) bond motifs is 1. The fraction of sp³-hybridized carbons (Fsp3) is 0.118. The molecule has 0 aliphatic carbocycles.